The van der Waals surface area contributed by atoms with Gasteiger partial charge in [-0.05, 0) is 6.42 Å². The molecule has 0 bridgehead atoms. The molecule has 1 rings (SSSR count). The molecule has 0 amide bonds. The molecule has 1 atom stereocenters. The van der Waals surface area contributed by atoms with Crippen LogP contribution in [-0.4, -0.2) is 44.9 Å². The zero-order valence-electron chi connectivity index (χ0n) is 8.86. The molecule has 0 saturated carbocycles. The number of hydrogen-bond donors (Lipinski definition) is 2. The first kappa shape index (κ1) is 12.5. The van der Waals surface area contributed by atoms with Gasteiger partial charge < -0.3 is 5.32 Å². The van der Waals surface area contributed by atoms with Gasteiger partial charge in [0.05, 0.1) is 6.04 Å². The van der Waals surface area contributed by atoms with Crippen molar-refractivity contribution in [3.8, 4) is 12.3 Å². The SMILES string of the molecule is C#CC(CC)NS(=O)(=O)N1CCNCC1. The number of hydrogen-bond acceptors (Lipinski definition) is 3. The smallest absolute Gasteiger partial charge is 0.280 e. The Morgan fingerprint density at radius 3 is 2.60 bits per heavy atom. The van der Waals surface area contributed by atoms with Gasteiger partial charge in [0.2, 0.25) is 0 Å². The summed E-state index contributed by atoms with van der Waals surface area (Å²) in [5.41, 5.74) is 0. The third-order valence-electron chi connectivity index (χ3n) is 2.32. The second-order valence-electron chi connectivity index (χ2n) is 3.40. The van der Waals surface area contributed by atoms with Crippen LogP contribution in [0, 0.1) is 12.3 Å². The lowest BCUT2D eigenvalue weighted by atomic mass is 10.3. The minimum Gasteiger partial charge on any atom is -0.314 e. The van der Waals surface area contributed by atoms with Crippen LogP contribution in [0.5, 0.6) is 0 Å². The molecule has 0 aromatic carbocycles. The fraction of sp³-hybridized carbons (Fsp3) is 0.778. The molecule has 1 saturated heterocycles. The second kappa shape index (κ2) is 5.47. The van der Waals surface area contributed by atoms with Crippen LogP contribution in [-0.2, 0) is 10.2 Å². The Bertz CT molecular complexity index is 328. The molecule has 0 radical (unpaired) electrons. The highest BCUT2D eigenvalue weighted by Crippen LogP contribution is 2.02. The number of nitrogens with zero attached hydrogens (tertiary/aromatic N) is 1. The van der Waals surface area contributed by atoms with E-state index in [1.165, 1.54) is 4.31 Å². The van der Waals surface area contributed by atoms with Crippen molar-refractivity contribution in [1.29, 1.82) is 0 Å². The van der Waals surface area contributed by atoms with Crippen molar-refractivity contribution >= 4 is 10.2 Å². The highest BCUT2D eigenvalue weighted by atomic mass is 32.2. The van der Waals surface area contributed by atoms with E-state index in [0.717, 1.165) is 0 Å². The minimum absolute atomic E-state index is 0.412. The molecule has 1 heterocycles. The molecule has 1 aliphatic rings. The Morgan fingerprint density at radius 1 is 1.53 bits per heavy atom. The lowest BCUT2D eigenvalue weighted by Crippen LogP contribution is -2.52. The molecular weight excluding hydrogens is 214 g/mol. The molecule has 5 nitrogen and oxygen atoms in total. The van der Waals surface area contributed by atoms with Crippen LogP contribution in [0.1, 0.15) is 13.3 Å². The van der Waals surface area contributed by atoms with Gasteiger partial charge in [-0.15, -0.1) is 6.42 Å². The fourth-order valence-electron chi connectivity index (χ4n) is 1.37. The maximum Gasteiger partial charge on any atom is 0.280 e. The van der Waals surface area contributed by atoms with Gasteiger partial charge in [0, 0.05) is 26.2 Å². The maximum atomic E-state index is 11.8. The van der Waals surface area contributed by atoms with Crippen molar-refractivity contribution in [1.82, 2.24) is 14.3 Å². The largest absolute Gasteiger partial charge is 0.314 e. The Kier molecular flexibility index (Phi) is 4.54. The lowest BCUT2D eigenvalue weighted by Gasteiger charge is -2.27. The van der Waals surface area contributed by atoms with Gasteiger partial charge >= 0.3 is 0 Å². The van der Waals surface area contributed by atoms with Crippen LogP contribution in [0.2, 0.25) is 0 Å². The van der Waals surface area contributed by atoms with Gasteiger partial charge in [0.1, 0.15) is 0 Å². The van der Waals surface area contributed by atoms with E-state index in [4.69, 9.17) is 6.42 Å². The van der Waals surface area contributed by atoms with E-state index < -0.39 is 16.3 Å². The van der Waals surface area contributed by atoms with Crippen molar-refractivity contribution in [3.63, 3.8) is 0 Å². The normalized spacial score (nSPS) is 20.8. The van der Waals surface area contributed by atoms with Gasteiger partial charge in [-0.1, -0.05) is 12.8 Å². The lowest BCUT2D eigenvalue weighted by molar-refractivity contribution is 0.353. The van der Waals surface area contributed by atoms with Gasteiger partial charge in [-0.25, -0.2) is 0 Å². The molecular formula is C9H17N3O2S. The highest BCUT2D eigenvalue weighted by Gasteiger charge is 2.25. The Morgan fingerprint density at radius 2 is 2.13 bits per heavy atom. The van der Waals surface area contributed by atoms with Crippen molar-refractivity contribution in [2.75, 3.05) is 26.2 Å². The molecule has 2 N–H and O–H groups in total. The topological polar surface area (TPSA) is 61.4 Å². The Hall–Kier alpha value is -0.610. The van der Waals surface area contributed by atoms with Crippen molar-refractivity contribution in [3.05, 3.63) is 0 Å². The highest BCUT2D eigenvalue weighted by molar-refractivity contribution is 7.87. The average Bonchev–Trinajstić information content (AvgIpc) is 2.27. The predicted molar refractivity (Wildman–Crippen MR) is 59.4 cm³/mol. The molecule has 1 unspecified atom stereocenters. The van der Waals surface area contributed by atoms with Crippen molar-refractivity contribution in [2.45, 2.75) is 19.4 Å². The van der Waals surface area contributed by atoms with Crippen molar-refractivity contribution in [2.24, 2.45) is 0 Å². The Labute approximate surface area is 91.4 Å². The minimum atomic E-state index is -3.41. The zero-order chi connectivity index (χ0) is 11.3. The standard InChI is InChI=1S/C9H17N3O2S/c1-3-9(4-2)11-15(13,14)12-7-5-10-6-8-12/h1,9-11H,4-8H2,2H3. The van der Waals surface area contributed by atoms with E-state index >= 15 is 0 Å². The van der Waals surface area contributed by atoms with Crippen LogP contribution in [0.3, 0.4) is 0 Å². The molecule has 6 heteroatoms. The summed E-state index contributed by atoms with van der Waals surface area (Å²) in [7, 11) is -3.41. The predicted octanol–water partition coefficient (Wildman–Crippen LogP) is -0.862. The zero-order valence-corrected chi connectivity index (χ0v) is 9.68. The molecule has 0 aliphatic carbocycles. The van der Waals surface area contributed by atoms with Crippen LogP contribution < -0.4 is 10.0 Å². The quantitative estimate of drug-likeness (QED) is 0.619. The third kappa shape index (κ3) is 3.47. The first-order valence-electron chi connectivity index (χ1n) is 5.04. The summed E-state index contributed by atoms with van der Waals surface area (Å²) in [6, 6.07) is -0.412. The molecule has 0 spiro atoms. The van der Waals surface area contributed by atoms with E-state index in [1.54, 1.807) is 0 Å². The summed E-state index contributed by atoms with van der Waals surface area (Å²) < 4.78 is 27.5. The monoisotopic (exact) mass is 231 g/mol. The van der Waals surface area contributed by atoms with E-state index in [0.29, 0.717) is 32.6 Å². The summed E-state index contributed by atoms with van der Waals surface area (Å²) in [6.45, 7) is 4.22. The summed E-state index contributed by atoms with van der Waals surface area (Å²) in [5.74, 6) is 2.41. The van der Waals surface area contributed by atoms with Crippen LogP contribution in [0.4, 0.5) is 0 Å². The van der Waals surface area contributed by atoms with Crippen LogP contribution >= 0.6 is 0 Å². The fourth-order valence-corrected chi connectivity index (χ4v) is 2.78. The van der Waals surface area contributed by atoms with Crippen molar-refractivity contribution < 1.29 is 8.42 Å². The number of terminal acetylenes is 1. The first-order chi connectivity index (χ1) is 7.10. The van der Waals surface area contributed by atoms with Gasteiger partial charge in [0.25, 0.3) is 10.2 Å². The molecule has 0 aromatic rings. The molecule has 15 heavy (non-hydrogen) atoms. The summed E-state index contributed by atoms with van der Waals surface area (Å²) in [4.78, 5) is 0. The molecule has 1 fully saturated rings. The average molecular weight is 231 g/mol. The van der Waals surface area contributed by atoms with E-state index in [9.17, 15) is 8.42 Å². The van der Waals surface area contributed by atoms with Crippen LogP contribution in [0.15, 0.2) is 0 Å². The molecule has 1 aliphatic heterocycles. The maximum absolute atomic E-state index is 11.8. The van der Waals surface area contributed by atoms with Gasteiger partial charge in [-0.2, -0.15) is 17.4 Å². The van der Waals surface area contributed by atoms with E-state index in [-0.39, 0.29) is 0 Å². The van der Waals surface area contributed by atoms with Crippen LogP contribution in [0.25, 0.3) is 0 Å². The third-order valence-corrected chi connectivity index (χ3v) is 3.94. The van der Waals surface area contributed by atoms with Gasteiger partial charge in [-0.3, -0.25) is 0 Å². The van der Waals surface area contributed by atoms with E-state index in [1.807, 2.05) is 6.92 Å². The molecule has 0 aromatic heterocycles. The number of nitrogens with one attached hydrogen (secondary N) is 2. The summed E-state index contributed by atoms with van der Waals surface area (Å²) >= 11 is 0. The first-order valence-corrected chi connectivity index (χ1v) is 6.48. The summed E-state index contributed by atoms with van der Waals surface area (Å²) in [5, 5.41) is 3.09. The number of piperazine rings is 1. The van der Waals surface area contributed by atoms with Gasteiger partial charge in [0.15, 0.2) is 0 Å². The second-order valence-corrected chi connectivity index (χ2v) is 5.10. The number of rotatable bonds is 4. The molecule has 86 valence electrons. The van der Waals surface area contributed by atoms with E-state index in [2.05, 4.69) is 16.0 Å². The Balaban J connectivity index is 2.61. The summed E-state index contributed by atoms with van der Waals surface area (Å²) in [6.07, 6.45) is 5.81.